The van der Waals surface area contributed by atoms with Crippen LogP contribution in [0.25, 0.3) is 5.57 Å². The maximum atomic E-state index is 12.2. The number of carbonyl (C=O) groups excluding carboxylic acids is 2. The Balaban J connectivity index is 1.76. The van der Waals surface area contributed by atoms with Crippen LogP contribution in [0, 0.1) is 6.92 Å². The Hall–Kier alpha value is -3.49. The summed E-state index contributed by atoms with van der Waals surface area (Å²) in [5.41, 5.74) is 7.55. The average molecular weight is 382 g/mol. The third kappa shape index (κ3) is 4.43. The first-order chi connectivity index (χ1) is 13.5. The molecule has 0 saturated carbocycles. The lowest BCUT2D eigenvalue weighted by atomic mass is 10.1. The number of ether oxygens (including phenoxy) is 1. The van der Waals surface area contributed by atoms with E-state index in [1.54, 1.807) is 12.3 Å². The number of rotatable bonds is 5. The third-order valence-electron chi connectivity index (χ3n) is 4.34. The zero-order valence-corrected chi connectivity index (χ0v) is 15.8. The molecule has 9 nitrogen and oxygen atoms in total. The van der Waals surface area contributed by atoms with Crippen LogP contribution in [0.2, 0.25) is 0 Å². The predicted octanol–water partition coefficient (Wildman–Crippen LogP) is 0.800. The van der Waals surface area contributed by atoms with Crippen molar-refractivity contribution in [2.45, 2.75) is 26.4 Å². The van der Waals surface area contributed by atoms with Crippen molar-refractivity contribution in [1.29, 1.82) is 0 Å². The average Bonchev–Trinajstić information content (AvgIpc) is 3.12. The number of amides is 2. The maximum Gasteiger partial charge on any atom is 0.261 e. The van der Waals surface area contributed by atoms with Crippen molar-refractivity contribution in [2.24, 2.45) is 5.73 Å². The fraction of sp³-hybridized carbons (Fsp3) is 0.316. The number of hydrogen-bond donors (Lipinski definition) is 2. The summed E-state index contributed by atoms with van der Waals surface area (Å²) < 4.78 is 5.93. The number of nitrogens with two attached hydrogens (primary N) is 1. The fourth-order valence-corrected chi connectivity index (χ4v) is 3.03. The van der Waals surface area contributed by atoms with Gasteiger partial charge >= 0.3 is 0 Å². The van der Waals surface area contributed by atoms with Gasteiger partial charge in [-0.25, -0.2) is 4.98 Å². The second-order valence-corrected chi connectivity index (χ2v) is 6.43. The first-order valence-electron chi connectivity index (χ1n) is 8.89. The van der Waals surface area contributed by atoms with Gasteiger partial charge in [-0.2, -0.15) is 5.10 Å². The van der Waals surface area contributed by atoms with Crippen LogP contribution in [0.15, 0.2) is 36.7 Å². The number of nitrogens with zero attached hydrogens (tertiary/aromatic N) is 4. The summed E-state index contributed by atoms with van der Waals surface area (Å²) >= 11 is 0. The first-order valence-corrected chi connectivity index (χ1v) is 8.89. The van der Waals surface area contributed by atoms with E-state index in [0.29, 0.717) is 18.1 Å². The van der Waals surface area contributed by atoms with Crippen LogP contribution in [-0.4, -0.2) is 46.2 Å². The molecule has 1 atom stereocenters. The van der Waals surface area contributed by atoms with Gasteiger partial charge in [-0.1, -0.05) is 6.07 Å². The number of hydrogen-bond acceptors (Lipinski definition) is 8. The van der Waals surface area contributed by atoms with E-state index in [1.807, 2.05) is 25.1 Å². The lowest BCUT2D eigenvalue weighted by Crippen LogP contribution is -2.30. The number of nitrogens with one attached hydrogen (secondary N) is 1. The van der Waals surface area contributed by atoms with Crippen LogP contribution in [-0.2, 0) is 9.59 Å². The number of carbonyl (C=O) groups is 2. The summed E-state index contributed by atoms with van der Waals surface area (Å²) in [4.78, 5) is 29.6. The Bertz CT molecular complexity index is 900. The van der Waals surface area contributed by atoms with Crippen molar-refractivity contribution >= 4 is 23.1 Å². The molecule has 1 fully saturated rings. The summed E-state index contributed by atoms with van der Waals surface area (Å²) in [6.45, 7) is 4.53. The van der Waals surface area contributed by atoms with E-state index in [9.17, 15) is 9.59 Å². The normalized spacial score (nSPS) is 16.7. The van der Waals surface area contributed by atoms with Gasteiger partial charge in [0.1, 0.15) is 11.8 Å². The molecule has 9 heteroatoms. The highest BCUT2D eigenvalue weighted by Crippen LogP contribution is 2.27. The van der Waals surface area contributed by atoms with Gasteiger partial charge in [0.25, 0.3) is 5.91 Å². The zero-order chi connectivity index (χ0) is 20.1. The van der Waals surface area contributed by atoms with E-state index in [1.165, 1.54) is 6.92 Å². The smallest absolute Gasteiger partial charge is 0.261 e. The molecule has 3 rings (SSSR count). The van der Waals surface area contributed by atoms with Crippen LogP contribution in [0.5, 0.6) is 5.88 Å². The predicted molar refractivity (Wildman–Crippen MR) is 103 cm³/mol. The molecular weight excluding hydrogens is 360 g/mol. The van der Waals surface area contributed by atoms with Gasteiger partial charge in [-0.15, -0.1) is 5.10 Å². The van der Waals surface area contributed by atoms with E-state index < -0.39 is 11.8 Å². The van der Waals surface area contributed by atoms with Gasteiger partial charge in [0, 0.05) is 38.4 Å². The minimum absolute atomic E-state index is 0.00329. The Labute approximate surface area is 162 Å². The summed E-state index contributed by atoms with van der Waals surface area (Å²) in [6, 6.07) is 7.30. The summed E-state index contributed by atoms with van der Waals surface area (Å²) in [5.74, 6) is -0.496. The van der Waals surface area contributed by atoms with Crippen molar-refractivity contribution in [3.63, 3.8) is 0 Å². The van der Waals surface area contributed by atoms with Gasteiger partial charge < -0.3 is 15.4 Å². The van der Waals surface area contributed by atoms with Crippen molar-refractivity contribution in [2.75, 3.05) is 18.0 Å². The van der Waals surface area contributed by atoms with Gasteiger partial charge in [-0.3, -0.25) is 14.9 Å². The molecule has 28 heavy (non-hydrogen) atoms. The summed E-state index contributed by atoms with van der Waals surface area (Å²) in [6.07, 6.45) is 3.64. The molecule has 146 valence electrons. The minimum Gasteiger partial charge on any atom is -0.472 e. The number of aryl methyl sites for hydroxylation is 1. The Morgan fingerprint density at radius 1 is 1.36 bits per heavy atom. The molecule has 1 aliphatic rings. The van der Waals surface area contributed by atoms with Crippen molar-refractivity contribution in [3.8, 4) is 5.88 Å². The van der Waals surface area contributed by atoms with Crippen LogP contribution >= 0.6 is 0 Å². The highest BCUT2D eigenvalue weighted by atomic mass is 16.5. The molecule has 0 spiro atoms. The highest BCUT2D eigenvalue weighted by Gasteiger charge is 2.27. The van der Waals surface area contributed by atoms with Crippen molar-refractivity contribution in [1.82, 2.24) is 20.5 Å². The maximum absolute atomic E-state index is 12.2. The number of pyridine rings is 1. The molecule has 2 amide bonds. The Morgan fingerprint density at radius 3 is 2.86 bits per heavy atom. The highest BCUT2D eigenvalue weighted by molar-refractivity contribution is 6.22. The standard InChI is InChI=1S/C19H22N6O3/c1-12-17(9-16(24-23-12)15(10-20)19(27)22-13(2)26)25-8-6-14(11-25)28-18-5-3-4-7-21-18/h3-5,7,9-10,14H,6,8,11,20H2,1-2H3,(H,22,26,27)/b15-10-. The Morgan fingerprint density at radius 2 is 2.18 bits per heavy atom. The molecule has 0 aromatic carbocycles. The largest absolute Gasteiger partial charge is 0.472 e. The molecule has 3 N–H and O–H groups in total. The monoisotopic (exact) mass is 382 g/mol. The molecule has 1 unspecified atom stereocenters. The quantitative estimate of drug-likeness (QED) is 0.728. The van der Waals surface area contributed by atoms with E-state index in [2.05, 4.69) is 25.4 Å². The number of imide groups is 1. The topological polar surface area (TPSA) is 123 Å². The van der Waals surface area contributed by atoms with Gasteiger partial charge in [0.15, 0.2) is 0 Å². The van der Waals surface area contributed by atoms with Crippen LogP contribution in [0.3, 0.4) is 0 Å². The molecule has 0 bridgehead atoms. The molecule has 3 heterocycles. The summed E-state index contributed by atoms with van der Waals surface area (Å²) in [7, 11) is 0. The molecule has 0 radical (unpaired) electrons. The second kappa shape index (κ2) is 8.47. The second-order valence-electron chi connectivity index (χ2n) is 6.43. The van der Waals surface area contributed by atoms with Crippen LogP contribution < -0.4 is 20.7 Å². The summed E-state index contributed by atoms with van der Waals surface area (Å²) in [5, 5.41) is 10.4. The first kappa shape index (κ1) is 19.3. The zero-order valence-electron chi connectivity index (χ0n) is 15.8. The van der Waals surface area contributed by atoms with Gasteiger partial charge in [0.05, 0.1) is 23.5 Å². The molecule has 2 aromatic rings. The van der Waals surface area contributed by atoms with Crippen molar-refractivity contribution in [3.05, 3.63) is 48.1 Å². The molecule has 1 aliphatic heterocycles. The molecule has 0 aliphatic carbocycles. The van der Waals surface area contributed by atoms with Gasteiger partial charge in [-0.05, 0) is 19.1 Å². The molecule has 1 saturated heterocycles. The van der Waals surface area contributed by atoms with E-state index in [4.69, 9.17) is 10.5 Å². The minimum atomic E-state index is -0.614. The van der Waals surface area contributed by atoms with Gasteiger partial charge in [0.2, 0.25) is 11.8 Å². The van der Waals surface area contributed by atoms with Crippen LogP contribution in [0.4, 0.5) is 5.69 Å². The number of anilines is 1. The number of aromatic nitrogens is 3. The lowest BCUT2D eigenvalue weighted by Gasteiger charge is -2.21. The lowest BCUT2D eigenvalue weighted by molar-refractivity contribution is -0.126. The molecule has 2 aromatic heterocycles. The van der Waals surface area contributed by atoms with E-state index in [-0.39, 0.29) is 11.7 Å². The fourth-order valence-electron chi connectivity index (χ4n) is 3.03. The van der Waals surface area contributed by atoms with Crippen molar-refractivity contribution < 1.29 is 14.3 Å². The molecular formula is C19H22N6O3. The SMILES string of the molecule is CC(=O)NC(=O)/C(=C\N)c1cc(N2CCC(Oc3ccccn3)C2)c(C)nn1. The Kier molecular flexibility index (Phi) is 5.83. The van der Waals surface area contributed by atoms with E-state index >= 15 is 0 Å². The van der Waals surface area contributed by atoms with Crippen LogP contribution in [0.1, 0.15) is 24.7 Å². The van der Waals surface area contributed by atoms with E-state index in [0.717, 1.165) is 30.5 Å². The third-order valence-corrected chi connectivity index (χ3v) is 4.34.